The predicted molar refractivity (Wildman–Crippen MR) is 78.0 cm³/mol. The molecule has 5 heteroatoms. The third-order valence-electron chi connectivity index (χ3n) is 3.34. The molecule has 1 aliphatic carbocycles. The Morgan fingerprint density at radius 1 is 1.53 bits per heavy atom. The molecular weight excluding hydrogens is 260 g/mol. The molecule has 1 aromatic heterocycles. The van der Waals surface area contributed by atoms with Crippen LogP contribution in [0.1, 0.15) is 48.5 Å². The molecule has 0 unspecified atom stereocenters. The van der Waals surface area contributed by atoms with Crippen LogP contribution in [-0.2, 0) is 4.74 Å². The number of carbonyl (C=O) groups excluding carboxylic acids is 1. The zero-order valence-electron chi connectivity index (χ0n) is 12.1. The summed E-state index contributed by atoms with van der Waals surface area (Å²) in [7, 11) is 1.42. The Labute approximate surface area is 118 Å². The number of ether oxygens (including phenoxy) is 1. The lowest BCUT2D eigenvalue weighted by Gasteiger charge is -2.22. The van der Waals surface area contributed by atoms with Crippen molar-refractivity contribution >= 4 is 22.4 Å². The summed E-state index contributed by atoms with van der Waals surface area (Å²) in [6.07, 6.45) is 3.64. The molecule has 106 valence electrons. The lowest BCUT2D eigenvalue weighted by Crippen LogP contribution is -2.27. The minimum atomic E-state index is -0.277. The van der Waals surface area contributed by atoms with E-state index in [0.717, 1.165) is 23.8 Å². The lowest BCUT2D eigenvalue weighted by molar-refractivity contribution is 0.0605. The van der Waals surface area contributed by atoms with Crippen molar-refractivity contribution in [3.8, 4) is 0 Å². The predicted octanol–water partition coefficient (Wildman–Crippen LogP) is 3.25. The van der Waals surface area contributed by atoms with Crippen molar-refractivity contribution in [1.29, 1.82) is 0 Å². The van der Waals surface area contributed by atoms with Gasteiger partial charge in [0.15, 0.2) is 5.13 Å². The van der Waals surface area contributed by atoms with Crippen molar-refractivity contribution in [3.05, 3.63) is 10.6 Å². The second-order valence-electron chi connectivity index (χ2n) is 5.51. The molecule has 1 fully saturated rings. The Bertz CT molecular complexity index is 452. The van der Waals surface area contributed by atoms with Crippen molar-refractivity contribution in [1.82, 2.24) is 4.98 Å². The van der Waals surface area contributed by atoms with Crippen molar-refractivity contribution in [2.45, 2.75) is 46.1 Å². The summed E-state index contributed by atoms with van der Waals surface area (Å²) in [5, 5.41) is 0.973. The van der Waals surface area contributed by atoms with Gasteiger partial charge in [-0.15, -0.1) is 0 Å². The largest absolute Gasteiger partial charge is 0.465 e. The highest BCUT2D eigenvalue weighted by molar-refractivity contribution is 7.17. The maximum atomic E-state index is 11.7. The summed E-state index contributed by atoms with van der Waals surface area (Å²) in [5.41, 5.74) is 0.780. The van der Waals surface area contributed by atoms with Crippen LogP contribution in [0.15, 0.2) is 0 Å². The quantitative estimate of drug-likeness (QED) is 0.751. The zero-order valence-corrected chi connectivity index (χ0v) is 12.9. The van der Waals surface area contributed by atoms with Gasteiger partial charge in [-0.05, 0) is 32.1 Å². The molecule has 0 amide bonds. The van der Waals surface area contributed by atoms with Crippen LogP contribution in [0.4, 0.5) is 5.13 Å². The summed E-state index contributed by atoms with van der Waals surface area (Å²) < 4.78 is 4.80. The van der Waals surface area contributed by atoms with Gasteiger partial charge in [-0.1, -0.05) is 25.2 Å². The van der Waals surface area contributed by atoms with E-state index in [4.69, 9.17) is 4.74 Å². The van der Waals surface area contributed by atoms with Crippen molar-refractivity contribution < 1.29 is 9.53 Å². The Kier molecular flexibility index (Phi) is 4.45. The topological polar surface area (TPSA) is 42.4 Å². The second kappa shape index (κ2) is 5.90. The molecule has 0 spiro atoms. The first-order chi connectivity index (χ1) is 9.02. The first-order valence-corrected chi connectivity index (χ1v) is 7.67. The number of anilines is 1. The molecule has 2 rings (SSSR count). The fraction of sp³-hybridized carbons (Fsp3) is 0.714. The summed E-state index contributed by atoms with van der Waals surface area (Å²) in [6.45, 7) is 7.37. The van der Waals surface area contributed by atoms with Gasteiger partial charge in [-0.3, -0.25) is 0 Å². The van der Waals surface area contributed by atoms with Crippen LogP contribution < -0.4 is 4.90 Å². The van der Waals surface area contributed by atoms with Gasteiger partial charge >= 0.3 is 5.97 Å². The fourth-order valence-corrected chi connectivity index (χ4v) is 3.09. The van der Waals surface area contributed by atoms with Gasteiger partial charge in [0.2, 0.25) is 0 Å². The average Bonchev–Trinajstić information content (AvgIpc) is 3.12. The van der Waals surface area contributed by atoms with Crippen molar-refractivity contribution in [3.63, 3.8) is 0 Å². The summed E-state index contributed by atoms with van der Waals surface area (Å²) >= 11 is 1.46. The van der Waals surface area contributed by atoms with E-state index in [1.807, 2.05) is 6.92 Å². The standard InChI is InChI=1S/C14H22N2O2S/c1-9(2)7-8-16(11-5-6-11)14-15-10(3)12(19-14)13(17)18-4/h9,11H,5-8H2,1-4H3. The van der Waals surface area contributed by atoms with E-state index < -0.39 is 0 Å². The van der Waals surface area contributed by atoms with Crippen LogP contribution in [0.5, 0.6) is 0 Å². The first-order valence-electron chi connectivity index (χ1n) is 6.85. The summed E-state index contributed by atoms with van der Waals surface area (Å²) in [6, 6.07) is 0.620. The van der Waals surface area contributed by atoms with Crippen LogP contribution in [0.25, 0.3) is 0 Å². The molecule has 0 aromatic carbocycles. The van der Waals surface area contributed by atoms with E-state index in [1.54, 1.807) is 0 Å². The zero-order chi connectivity index (χ0) is 14.0. The number of nitrogens with zero attached hydrogens (tertiary/aromatic N) is 2. The van der Waals surface area contributed by atoms with Gasteiger partial charge in [-0.2, -0.15) is 0 Å². The SMILES string of the molecule is COC(=O)c1sc(N(CCC(C)C)C2CC2)nc1C. The summed E-state index contributed by atoms with van der Waals surface area (Å²) in [5.74, 6) is 0.406. The van der Waals surface area contributed by atoms with E-state index in [1.165, 1.54) is 31.3 Å². The molecular formula is C14H22N2O2S. The smallest absolute Gasteiger partial charge is 0.350 e. The lowest BCUT2D eigenvalue weighted by atomic mass is 10.1. The van der Waals surface area contributed by atoms with Gasteiger partial charge in [0.25, 0.3) is 0 Å². The molecule has 0 aliphatic heterocycles. The van der Waals surface area contributed by atoms with Gasteiger partial charge in [0.05, 0.1) is 12.8 Å². The number of carbonyl (C=O) groups is 1. The van der Waals surface area contributed by atoms with Crippen LogP contribution in [-0.4, -0.2) is 30.6 Å². The first kappa shape index (κ1) is 14.3. The van der Waals surface area contributed by atoms with Crippen LogP contribution in [0.3, 0.4) is 0 Å². The molecule has 19 heavy (non-hydrogen) atoms. The van der Waals surface area contributed by atoms with E-state index >= 15 is 0 Å². The maximum Gasteiger partial charge on any atom is 0.350 e. The third-order valence-corrected chi connectivity index (χ3v) is 4.51. The van der Waals surface area contributed by atoms with Crippen molar-refractivity contribution in [2.75, 3.05) is 18.6 Å². The monoisotopic (exact) mass is 282 g/mol. The highest BCUT2D eigenvalue weighted by Gasteiger charge is 2.32. The Morgan fingerprint density at radius 2 is 2.21 bits per heavy atom. The van der Waals surface area contributed by atoms with Crippen LogP contribution in [0.2, 0.25) is 0 Å². The molecule has 0 saturated heterocycles. The Morgan fingerprint density at radius 3 is 2.74 bits per heavy atom. The number of rotatable bonds is 6. The van der Waals surface area contributed by atoms with Crippen molar-refractivity contribution in [2.24, 2.45) is 5.92 Å². The van der Waals surface area contributed by atoms with Crippen LogP contribution >= 0.6 is 11.3 Å². The molecule has 0 radical (unpaired) electrons. The molecule has 1 aromatic rings. The minimum absolute atomic E-state index is 0.277. The molecule has 1 saturated carbocycles. The molecule has 0 bridgehead atoms. The summed E-state index contributed by atoms with van der Waals surface area (Å²) in [4.78, 5) is 19.2. The fourth-order valence-electron chi connectivity index (χ4n) is 2.01. The third kappa shape index (κ3) is 3.47. The molecule has 4 nitrogen and oxygen atoms in total. The minimum Gasteiger partial charge on any atom is -0.465 e. The number of aromatic nitrogens is 1. The second-order valence-corrected chi connectivity index (χ2v) is 6.49. The number of methoxy groups -OCH3 is 1. The molecule has 1 heterocycles. The van der Waals surface area contributed by atoms with Gasteiger partial charge < -0.3 is 9.64 Å². The van der Waals surface area contributed by atoms with E-state index in [-0.39, 0.29) is 5.97 Å². The van der Waals surface area contributed by atoms with E-state index in [2.05, 4.69) is 23.7 Å². The average molecular weight is 282 g/mol. The van der Waals surface area contributed by atoms with Crippen LogP contribution in [0, 0.1) is 12.8 Å². The number of thiazole rings is 1. The molecule has 1 aliphatic rings. The van der Waals surface area contributed by atoms with E-state index in [0.29, 0.717) is 16.8 Å². The highest BCUT2D eigenvalue weighted by atomic mass is 32.1. The Balaban J connectivity index is 2.15. The highest BCUT2D eigenvalue weighted by Crippen LogP contribution is 2.35. The number of esters is 1. The molecule has 0 atom stereocenters. The van der Waals surface area contributed by atoms with Gasteiger partial charge in [-0.25, -0.2) is 9.78 Å². The number of hydrogen-bond acceptors (Lipinski definition) is 5. The number of aryl methyl sites for hydroxylation is 1. The number of hydrogen-bond donors (Lipinski definition) is 0. The van der Waals surface area contributed by atoms with E-state index in [9.17, 15) is 4.79 Å². The van der Waals surface area contributed by atoms with Gasteiger partial charge in [0, 0.05) is 12.6 Å². The maximum absolute atomic E-state index is 11.7. The van der Waals surface area contributed by atoms with Gasteiger partial charge in [0.1, 0.15) is 4.88 Å². The normalized spacial score (nSPS) is 14.8. The Hall–Kier alpha value is -1.10. The molecule has 0 N–H and O–H groups in total.